The Balaban J connectivity index is 1.22. The Morgan fingerprint density at radius 1 is 0.981 bits per heavy atom. The number of aryl methyl sites for hydroxylation is 1. The van der Waals surface area contributed by atoms with Crippen molar-refractivity contribution in [2.24, 2.45) is 0 Å². The molecular weight excluding hydrogens is 689 g/mol. The number of nitrogens with one attached hydrogen (secondary N) is 3. The maximum Gasteiger partial charge on any atom is 0.416 e. The van der Waals surface area contributed by atoms with Crippen molar-refractivity contribution < 1.29 is 36.9 Å². The van der Waals surface area contributed by atoms with Gasteiger partial charge in [-0.15, -0.1) is 0 Å². The average Bonchev–Trinajstić information content (AvgIpc) is 3.15. The number of piperidine rings is 2. The van der Waals surface area contributed by atoms with E-state index in [1.54, 1.807) is 51.3 Å². The molecule has 0 spiro atoms. The third kappa shape index (κ3) is 10.3. The molecule has 53 heavy (non-hydrogen) atoms. The molecule has 1 atom stereocenters. The average molecular weight is 737 g/mol. The quantitative estimate of drug-likeness (QED) is 0.119. The Labute approximate surface area is 307 Å². The van der Waals surface area contributed by atoms with Crippen molar-refractivity contribution in [3.05, 3.63) is 83.2 Å². The first-order chi connectivity index (χ1) is 25.6. The summed E-state index contributed by atoms with van der Waals surface area (Å²) in [5.74, 6) is 1.94. The largest absolute Gasteiger partial charge is 0.487 e. The molecule has 14 heteroatoms. The molecule has 2 saturated heterocycles. The minimum absolute atomic E-state index is 0.00933. The third-order valence-electron chi connectivity index (χ3n) is 9.61. The number of aromatic nitrogens is 2. The smallest absolute Gasteiger partial charge is 0.416 e. The van der Waals surface area contributed by atoms with Crippen molar-refractivity contribution in [2.45, 2.75) is 70.5 Å². The van der Waals surface area contributed by atoms with Crippen LogP contribution in [0.5, 0.6) is 11.5 Å². The van der Waals surface area contributed by atoms with Crippen LogP contribution in [0.1, 0.15) is 61.2 Å². The van der Waals surface area contributed by atoms with Gasteiger partial charge in [-0.3, -0.25) is 5.32 Å². The van der Waals surface area contributed by atoms with E-state index in [-0.39, 0.29) is 30.6 Å². The highest BCUT2D eigenvalue weighted by Crippen LogP contribution is 2.38. The van der Waals surface area contributed by atoms with Gasteiger partial charge in [0.25, 0.3) is 0 Å². The summed E-state index contributed by atoms with van der Waals surface area (Å²) < 4.78 is 65.4. The summed E-state index contributed by atoms with van der Waals surface area (Å²) in [4.78, 5) is 24.5. The monoisotopic (exact) mass is 736 g/mol. The number of carbonyl (C=O) groups is 1. The topological polar surface area (TPSA) is 119 Å². The van der Waals surface area contributed by atoms with Gasteiger partial charge in [0.15, 0.2) is 11.5 Å². The van der Waals surface area contributed by atoms with E-state index in [0.717, 1.165) is 69.6 Å². The summed E-state index contributed by atoms with van der Waals surface area (Å²) in [6, 6.07) is 16.0. The Morgan fingerprint density at radius 3 is 2.45 bits per heavy atom. The maximum absolute atomic E-state index is 14.1. The van der Waals surface area contributed by atoms with Crippen molar-refractivity contribution in [3.8, 4) is 11.5 Å². The van der Waals surface area contributed by atoms with Crippen LogP contribution in [0.3, 0.4) is 0 Å². The highest BCUT2D eigenvalue weighted by atomic mass is 19.4. The molecule has 3 heterocycles. The van der Waals surface area contributed by atoms with Gasteiger partial charge in [-0.25, -0.2) is 14.8 Å². The molecule has 0 bridgehead atoms. The van der Waals surface area contributed by atoms with Gasteiger partial charge in [0.1, 0.15) is 31.0 Å². The number of nitrogens with zero attached hydrogens (tertiary/aromatic N) is 3. The number of carbonyl (C=O) groups excluding carboxylic acids is 1. The normalized spacial score (nSPS) is 16.6. The molecule has 0 unspecified atom stereocenters. The van der Waals surface area contributed by atoms with Gasteiger partial charge in [-0.1, -0.05) is 30.3 Å². The summed E-state index contributed by atoms with van der Waals surface area (Å²) in [6.45, 7) is 8.15. The number of hydrogen-bond acceptors (Lipinski definition) is 10. The Kier molecular flexibility index (Phi) is 12.5. The number of halogens is 3. The highest BCUT2D eigenvalue weighted by Gasteiger charge is 2.32. The molecule has 2 aliphatic heterocycles. The first kappa shape index (κ1) is 38.1. The van der Waals surface area contributed by atoms with Gasteiger partial charge in [-0.05, 0) is 88.0 Å². The fourth-order valence-electron chi connectivity index (χ4n) is 6.82. The molecule has 4 aromatic rings. The first-order valence-electron chi connectivity index (χ1n) is 18.1. The fraction of sp³-hybridized carbons (Fsp3) is 0.462. The SMILES string of the molecule is COCCOc1cc2c(N[C@H](C)c3cc(NC(=O)OCc4ccccc4)cc(C(F)(F)F)c3)nc(C)nc2cc1OC1CCN(C2CCNCC2)CC1. The predicted octanol–water partition coefficient (Wildman–Crippen LogP) is 7.50. The number of alkyl halides is 3. The zero-order valence-electron chi connectivity index (χ0n) is 30.3. The van der Waals surface area contributed by atoms with Crippen molar-refractivity contribution >= 4 is 28.5 Å². The Morgan fingerprint density at radius 2 is 1.74 bits per heavy atom. The van der Waals surface area contributed by atoms with Crippen molar-refractivity contribution in [1.29, 1.82) is 0 Å². The van der Waals surface area contributed by atoms with Crippen LogP contribution >= 0.6 is 0 Å². The molecule has 2 aliphatic rings. The van der Waals surface area contributed by atoms with Crippen LogP contribution in [0.4, 0.5) is 29.5 Å². The third-order valence-corrected chi connectivity index (χ3v) is 9.61. The second kappa shape index (κ2) is 17.4. The summed E-state index contributed by atoms with van der Waals surface area (Å²) in [5, 5.41) is 9.79. The number of fused-ring (bicyclic) bond motifs is 1. The molecule has 0 saturated carbocycles. The van der Waals surface area contributed by atoms with Crippen LogP contribution in [0.25, 0.3) is 10.9 Å². The Bertz CT molecular complexity index is 1830. The second-order valence-electron chi connectivity index (χ2n) is 13.5. The molecule has 284 valence electrons. The second-order valence-corrected chi connectivity index (χ2v) is 13.5. The predicted molar refractivity (Wildman–Crippen MR) is 196 cm³/mol. The van der Waals surface area contributed by atoms with Gasteiger partial charge in [0.05, 0.1) is 23.7 Å². The lowest BCUT2D eigenvalue weighted by Gasteiger charge is -2.39. The number of anilines is 2. The summed E-state index contributed by atoms with van der Waals surface area (Å²) >= 11 is 0. The van der Waals surface area contributed by atoms with E-state index in [4.69, 9.17) is 18.9 Å². The molecule has 0 aliphatic carbocycles. The number of amides is 1. The number of ether oxygens (including phenoxy) is 4. The van der Waals surface area contributed by atoms with Crippen molar-refractivity contribution in [2.75, 3.05) is 57.1 Å². The van der Waals surface area contributed by atoms with Crippen molar-refractivity contribution in [3.63, 3.8) is 0 Å². The first-order valence-corrected chi connectivity index (χ1v) is 18.1. The minimum Gasteiger partial charge on any atom is -0.487 e. The number of likely N-dealkylation sites (tertiary alicyclic amines) is 1. The number of rotatable bonds is 13. The number of benzene rings is 3. The fourth-order valence-corrected chi connectivity index (χ4v) is 6.82. The van der Waals surface area contributed by atoms with E-state index in [1.807, 2.05) is 12.1 Å². The number of methoxy groups -OCH3 is 1. The molecule has 3 aromatic carbocycles. The highest BCUT2D eigenvalue weighted by molar-refractivity contribution is 5.92. The van der Waals surface area contributed by atoms with E-state index >= 15 is 0 Å². The molecule has 1 amide bonds. The molecular formula is C39H47F3N6O5. The summed E-state index contributed by atoms with van der Waals surface area (Å²) in [6.07, 6.45) is -1.41. The van der Waals surface area contributed by atoms with E-state index in [0.29, 0.717) is 46.7 Å². The van der Waals surface area contributed by atoms with E-state index in [1.165, 1.54) is 6.07 Å². The van der Waals surface area contributed by atoms with Gasteiger partial charge in [-0.2, -0.15) is 13.2 Å². The minimum atomic E-state index is -4.66. The van der Waals surface area contributed by atoms with E-state index < -0.39 is 23.9 Å². The molecule has 0 radical (unpaired) electrons. The lowest BCUT2D eigenvalue weighted by Crippen LogP contribution is -2.48. The standard InChI is InChI=1S/C39H47F3N6O5/c1-25(28-19-29(39(40,41)42)21-30(20-28)47-38(49)52-24-27-7-5-4-6-8-27)44-37-33-22-35(51-18-17-50-3)36(23-34(33)45-26(2)46-37)53-32-11-15-48(16-12-32)31-9-13-43-14-10-31/h4-8,19-23,25,31-32,43H,9-18,24H2,1-3H3,(H,47,49)(H,44,45,46)/t25-/m1/s1. The lowest BCUT2D eigenvalue weighted by molar-refractivity contribution is -0.137. The number of hydrogen-bond donors (Lipinski definition) is 3. The zero-order valence-corrected chi connectivity index (χ0v) is 30.3. The van der Waals surface area contributed by atoms with Crippen LogP contribution in [0.15, 0.2) is 60.7 Å². The van der Waals surface area contributed by atoms with Crippen LogP contribution in [0, 0.1) is 6.92 Å². The molecule has 6 rings (SSSR count). The summed E-state index contributed by atoms with van der Waals surface area (Å²) in [7, 11) is 1.60. The van der Waals surface area contributed by atoms with Gasteiger partial charge >= 0.3 is 12.3 Å². The van der Waals surface area contributed by atoms with Crippen LogP contribution < -0.4 is 25.4 Å². The van der Waals surface area contributed by atoms with E-state index in [2.05, 4.69) is 30.8 Å². The van der Waals surface area contributed by atoms with Gasteiger partial charge in [0.2, 0.25) is 0 Å². The van der Waals surface area contributed by atoms with Gasteiger partial charge < -0.3 is 34.5 Å². The molecule has 11 nitrogen and oxygen atoms in total. The lowest BCUT2D eigenvalue weighted by atomic mass is 10.00. The molecule has 3 N–H and O–H groups in total. The zero-order chi connectivity index (χ0) is 37.4. The van der Waals surface area contributed by atoms with Crippen molar-refractivity contribution in [1.82, 2.24) is 20.2 Å². The van der Waals surface area contributed by atoms with E-state index in [9.17, 15) is 18.0 Å². The molecule has 2 fully saturated rings. The van der Waals surface area contributed by atoms with Crippen LogP contribution in [-0.2, 0) is 22.3 Å². The maximum atomic E-state index is 14.1. The summed E-state index contributed by atoms with van der Waals surface area (Å²) in [5.41, 5.74) is 0.651. The van der Waals surface area contributed by atoms with Crippen LogP contribution in [-0.4, -0.2) is 79.6 Å². The van der Waals surface area contributed by atoms with Crippen LogP contribution in [0.2, 0.25) is 0 Å². The Hall–Kier alpha value is -4.66. The molecule has 1 aromatic heterocycles. The van der Waals surface area contributed by atoms with Gasteiger partial charge in [0, 0.05) is 43.4 Å².